The number of benzene rings is 2. The first-order valence-corrected chi connectivity index (χ1v) is 7.78. The molecule has 0 atom stereocenters. The van der Waals surface area contributed by atoms with E-state index in [9.17, 15) is 0 Å². The van der Waals surface area contributed by atoms with E-state index in [0.29, 0.717) is 5.02 Å². The molecule has 0 aliphatic heterocycles. The van der Waals surface area contributed by atoms with Crippen molar-refractivity contribution < 1.29 is 0 Å². The normalized spacial score (nSPS) is 10.6. The first kappa shape index (κ1) is 15.4. The first-order valence-electron chi connectivity index (χ1n) is 7.40. The number of nitrogens with zero attached hydrogens (tertiary/aromatic N) is 3. The number of halogens is 1. The molecule has 5 heteroatoms. The van der Waals surface area contributed by atoms with Gasteiger partial charge in [0.15, 0.2) is 0 Å². The van der Waals surface area contributed by atoms with Gasteiger partial charge >= 0.3 is 0 Å². The summed E-state index contributed by atoms with van der Waals surface area (Å²) in [5.74, 6) is 0.905. The van der Waals surface area contributed by atoms with Crippen molar-refractivity contribution in [2.45, 2.75) is 6.92 Å². The van der Waals surface area contributed by atoms with Gasteiger partial charge in [-0.25, -0.2) is 4.68 Å². The van der Waals surface area contributed by atoms with Gasteiger partial charge in [-0.3, -0.25) is 0 Å². The van der Waals surface area contributed by atoms with Gasteiger partial charge in [-0.2, -0.15) is 5.10 Å². The third kappa shape index (κ3) is 3.48. The molecule has 1 aromatic heterocycles. The molecule has 0 amide bonds. The molecule has 2 aromatic carbocycles. The smallest absolute Gasteiger partial charge is 0.134 e. The molecule has 4 nitrogen and oxygen atoms in total. The van der Waals surface area contributed by atoms with Gasteiger partial charge in [0.25, 0.3) is 0 Å². The highest BCUT2D eigenvalue weighted by Crippen LogP contribution is 2.24. The molecule has 23 heavy (non-hydrogen) atoms. The predicted molar refractivity (Wildman–Crippen MR) is 97.4 cm³/mol. The molecule has 0 fully saturated rings. The average Bonchev–Trinajstić information content (AvgIpc) is 2.88. The van der Waals surface area contributed by atoms with E-state index in [1.165, 1.54) is 0 Å². The first-order chi connectivity index (χ1) is 11.0. The van der Waals surface area contributed by atoms with Gasteiger partial charge in [-0.05, 0) is 49.4 Å². The second kappa shape index (κ2) is 6.34. The highest BCUT2D eigenvalue weighted by Gasteiger charge is 2.08. The lowest BCUT2D eigenvalue weighted by Crippen LogP contribution is -2.08. The van der Waals surface area contributed by atoms with Crippen LogP contribution >= 0.6 is 11.6 Å². The van der Waals surface area contributed by atoms with Crippen molar-refractivity contribution in [2.24, 2.45) is 0 Å². The lowest BCUT2D eigenvalue weighted by molar-refractivity contribution is 0.869. The highest BCUT2D eigenvalue weighted by atomic mass is 35.5. The standard InChI is InChI=1S/C18H19ClN4/c1-13-11-18(20-15-7-9-16(10-8-15)22(2)3)23(21-13)17-6-4-5-14(19)12-17/h4-12,20H,1-3H3. The summed E-state index contributed by atoms with van der Waals surface area (Å²) in [6, 6.07) is 17.9. The zero-order valence-electron chi connectivity index (χ0n) is 13.4. The minimum atomic E-state index is 0.692. The lowest BCUT2D eigenvalue weighted by Gasteiger charge is -2.14. The van der Waals surface area contributed by atoms with Crippen molar-refractivity contribution in [3.63, 3.8) is 0 Å². The number of aromatic nitrogens is 2. The SMILES string of the molecule is Cc1cc(Nc2ccc(N(C)C)cc2)n(-c2cccc(Cl)c2)n1. The van der Waals surface area contributed by atoms with Gasteiger partial charge in [0.1, 0.15) is 5.82 Å². The zero-order valence-corrected chi connectivity index (χ0v) is 14.2. The molecule has 0 radical (unpaired) electrons. The van der Waals surface area contributed by atoms with E-state index in [2.05, 4.69) is 39.6 Å². The summed E-state index contributed by atoms with van der Waals surface area (Å²) in [6.45, 7) is 1.97. The zero-order chi connectivity index (χ0) is 16.4. The predicted octanol–water partition coefficient (Wildman–Crippen LogP) is 4.64. The van der Waals surface area contributed by atoms with E-state index < -0.39 is 0 Å². The van der Waals surface area contributed by atoms with Crippen LogP contribution in [0.15, 0.2) is 54.6 Å². The summed E-state index contributed by atoms with van der Waals surface area (Å²) in [5, 5.41) is 8.66. The molecule has 0 unspecified atom stereocenters. The molecule has 0 saturated heterocycles. The van der Waals surface area contributed by atoms with Crippen LogP contribution in [-0.2, 0) is 0 Å². The van der Waals surface area contributed by atoms with Gasteiger partial charge in [-0.15, -0.1) is 0 Å². The second-order valence-corrected chi connectivity index (χ2v) is 6.07. The Morgan fingerprint density at radius 2 is 1.78 bits per heavy atom. The summed E-state index contributed by atoms with van der Waals surface area (Å²) in [7, 11) is 4.06. The summed E-state index contributed by atoms with van der Waals surface area (Å²) in [4.78, 5) is 2.07. The van der Waals surface area contributed by atoms with Crippen molar-refractivity contribution in [1.82, 2.24) is 9.78 Å². The maximum absolute atomic E-state index is 6.09. The van der Waals surface area contributed by atoms with Crippen LogP contribution in [0.1, 0.15) is 5.69 Å². The van der Waals surface area contributed by atoms with Crippen molar-refractivity contribution >= 4 is 28.8 Å². The van der Waals surface area contributed by atoms with Crippen LogP contribution in [0.5, 0.6) is 0 Å². The fourth-order valence-corrected chi connectivity index (χ4v) is 2.57. The quantitative estimate of drug-likeness (QED) is 0.758. The van der Waals surface area contributed by atoms with Gasteiger partial charge in [-0.1, -0.05) is 17.7 Å². The molecule has 1 heterocycles. The Morgan fingerprint density at radius 1 is 1.04 bits per heavy atom. The molecule has 3 aromatic rings. The molecule has 3 rings (SSSR count). The molecular formula is C18H19ClN4. The number of anilines is 3. The van der Waals surface area contributed by atoms with Crippen LogP contribution in [0.3, 0.4) is 0 Å². The Balaban J connectivity index is 1.91. The maximum atomic E-state index is 6.09. The molecule has 0 saturated carbocycles. The van der Waals surface area contributed by atoms with Crippen LogP contribution < -0.4 is 10.2 Å². The van der Waals surface area contributed by atoms with E-state index in [1.54, 1.807) is 0 Å². The number of hydrogen-bond acceptors (Lipinski definition) is 3. The van der Waals surface area contributed by atoms with E-state index in [1.807, 2.05) is 56.0 Å². The van der Waals surface area contributed by atoms with Gasteiger partial charge in [0.05, 0.1) is 11.4 Å². The minimum absolute atomic E-state index is 0.692. The fraction of sp³-hybridized carbons (Fsp3) is 0.167. The molecule has 0 aliphatic rings. The van der Waals surface area contributed by atoms with Crippen LogP contribution in [0.4, 0.5) is 17.2 Å². The van der Waals surface area contributed by atoms with E-state index >= 15 is 0 Å². The molecule has 0 aliphatic carbocycles. The van der Waals surface area contributed by atoms with Gasteiger partial charge in [0.2, 0.25) is 0 Å². The largest absolute Gasteiger partial charge is 0.378 e. The summed E-state index contributed by atoms with van der Waals surface area (Å²) < 4.78 is 1.86. The van der Waals surface area contributed by atoms with Crippen molar-refractivity contribution in [1.29, 1.82) is 0 Å². The molecular weight excluding hydrogens is 308 g/mol. The number of aryl methyl sites for hydroxylation is 1. The van der Waals surface area contributed by atoms with Crippen LogP contribution in [0, 0.1) is 6.92 Å². The average molecular weight is 327 g/mol. The van der Waals surface area contributed by atoms with E-state index in [4.69, 9.17) is 11.6 Å². The fourth-order valence-electron chi connectivity index (χ4n) is 2.38. The van der Waals surface area contributed by atoms with Crippen LogP contribution in [-0.4, -0.2) is 23.9 Å². The Kier molecular flexibility index (Phi) is 4.26. The van der Waals surface area contributed by atoms with Gasteiger partial charge in [0, 0.05) is 36.6 Å². The Bertz CT molecular complexity index is 806. The summed E-state index contributed by atoms with van der Waals surface area (Å²) in [5.41, 5.74) is 4.05. The number of hydrogen-bond donors (Lipinski definition) is 1. The Labute approximate surface area is 141 Å². The Hall–Kier alpha value is -2.46. The number of nitrogens with one attached hydrogen (secondary N) is 1. The molecule has 118 valence electrons. The summed E-state index contributed by atoms with van der Waals surface area (Å²) in [6.07, 6.45) is 0. The summed E-state index contributed by atoms with van der Waals surface area (Å²) >= 11 is 6.09. The third-order valence-corrected chi connectivity index (χ3v) is 3.78. The van der Waals surface area contributed by atoms with Crippen molar-refractivity contribution in [3.8, 4) is 5.69 Å². The van der Waals surface area contributed by atoms with Crippen molar-refractivity contribution in [3.05, 3.63) is 65.3 Å². The molecule has 0 bridgehead atoms. The third-order valence-electron chi connectivity index (χ3n) is 3.54. The highest BCUT2D eigenvalue weighted by molar-refractivity contribution is 6.30. The van der Waals surface area contributed by atoms with E-state index in [0.717, 1.165) is 28.6 Å². The second-order valence-electron chi connectivity index (χ2n) is 5.63. The van der Waals surface area contributed by atoms with E-state index in [-0.39, 0.29) is 0 Å². The molecule has 0 spiro atoms. The van der Waals surface area contributed by atoms with Gasteiger partial charge < -0.3 is 10.2 Å². The monoisotopic (exact) mass is 326 g/mol. The molecule has 1 N–H and O–H groups in total. The van der Waals surface area contributed by atoms with Crippen LogP contribution in [0.2, 0.25) is 5.02 Å². The topological polar surface area (TPSA) is 33.1 Å². The van der Waals surface area contributed by atoms with Crippen molar-refractivity contribution in [2.75, 3.05) is 24.3 Å². The Morgan fingerprint density at radius 3 is 2.43 bits per heavy atom. The maximum Gasteiger partial charge on any atom is 0.134 e. The number of rotatable bonds is 4. The van der Waals surface area contributed by atoms with Crippen LogP contribution in [0.25, 0.3) is 5.69 Å². The minimum Gasteiger partial charge on any atom is -0.378 e. The lowest BCUT2D eigenvalue weighted by atomic mass is 10.2.